The molecule has 31 heavy (non-hydrogen) atoms. The van der Waals surface area contributed by atoms with Crippen molar-refractivity contribution in [1.29, 1.82) is 0 Å². The maximum absolute atomic E-state index is 13.8. The Morgan fingerprint density at radius 2 is 1.39 bits per heavy atom. The van der Waals surface area contributed by atoms with Gasteiger partial charge in [0, 0.05) is 12.2 Å². The van der Waals surface area contributed by atoms with E-state index in [0.29, 0.717) is 0 Å². The topological polar surface area (TPSA) is 102 Å². The zero-order chi connectivity index (χ0) is 23.7. The molecule has 0 unspecified atom stereocenters. The summed E-state index contributed by atoms with van der Waals surface area (Å²) in [6, 6.07) is -2.02. The number of hydrogen-bond acceptors (Lipinski definition) is 6. The van der Waals surface area contributed by atoms with Crippen molar-refractivity contribution < 1.29 is 50.6 Å². The number of ether oxygens (including phenoxy) is 2. The first-order valence-electron chi connectivity index (χ1n) is 8.49. The molecule has 0 bridgehead atoms. The number of imide groups is 1. The molecule has 0 aliphatic carbocycles. The molecule has 1 aromatic carbocycles. The summed E-state index contributed by atoms with van der Waals surface area (Å²) in [4.78, 5) is 48.3. The van der Waals surface area contributed by atoms with Gasteiger partial charge in [-0.25, -0.2) is 22.8 Å². The van der Waals surface area contributed by atoms with E-state index in [-0.39, 0.29) is 4.90 Å². The highest BCUT2D eigenvalue weighted by Gasteiger charge is 2.39. The van der Waals surface area contributed by atoms with Crippen LogP contribution in [0.4, 0.5) is 26.7 Å². The monoisotopic (exact) mass is 450 g/mol. The molecule has 1 atom stereocenters. The zero-order valence-corrected chi connectivity index (χ0v) is 16.2. The van der Waals surface area contributed by atoms with Crippen molar-refractivity contribution in [2.75, 3.05) is 6.54 Å². The lowest BCUT2D eigenvalue weighted by molar-refractivity contribution is -0.151. The first-order valence-corrected chi connectivity index (χ1v) is 8.49. The van der Waals surface area contributed by atoms with E-state index in [1.807, 2.05) is 0 Å². The number of alkyl carbamates (subject to hydrolysis) is 1. The lowest BCUT2D eigenvalue weighted by Crippen LogP contribution is -2.53. The van der Waals surface area contributed by atoms with Gasteiger partial charge in [0.2, 0.25) is 34.8 Å². The zero-order valence-electron chi connectivity index (χ0n) is 16.2. The number of benzene rings is 1. The number of amides is 3. The summed E-state index contributed by atoms with van der Waals surface area (Å²) in [5.41, 5.74) is -0.962. The van der Waals surface area contributed by atoms with E-state index in [1.54, 1.807) is 0 Å². The van der Waals surface area contributed by atoms with Crippen molar-refractivity contribution in [3.63, 3.8) is 0 Å². The van der Waals surface area contributed by atoms with Gasteiger partial charge in [-0.05, 0) is 20.8 Å². The third kappa shape index (κ3) is 5.16. The Morgan fingerprint density at radius 1 is 0.935 bits per heavy atom. The van der Waals surface area contributed by atoms with Gasteiger partial charge in [-0.15, -0.1) is 0 Å². The van der Waals surface area contributed by atoms with Gasteiger partial charge in [0.25, 0.3) is 11.8 Å². The summed E-state index contributed by atoms with van der Waals surface area (Å²) in [5, 5.41) is 2.05. The van der Waals surface area contributed by atoms with Crippen molar-refractivity contribution in [1.82, 2.24) is 10.2 Å². The summed E-state index contributed by atoms with van der Waals surface area (Å²) in [6.07, 6.45) is 0.428. The number of esters is 1. The molecule has 2 rings (SSSR count). The summed E-state index contributed by atoms with van der Waals surface area (Å²) in [5.74, 6) is -17.9. The molecule has 168 valence electrons. The SMILES string of the molecule is CC(C)(C)OC(=O)NC[C@@H](C(=O)Oc1c(F)c(F)c(F)c(F)c1F)N1C(=O)C=CC1=O. The maximum Gasteiger partial charge on any atom is 0.407 e. The lowest BCUT2D eigenvalue weighted by atomic mass is 10.2. The number of carbonyl (C=O) groups is 4. The molecule has 1 aliphatic heterocycles. The number of carbonyl (C=O) groups excluding carboxylic acids is 4. The summed E-state index contributed by atoms with van der Waals surface area (Å²) >= 11 is 0. The third-order valence-corrected chi connectivity index (χ3v) is 3.64. The van der Waals surface area contributed by atoms with Gasteiger partial charge in [-0.3, -0.25) is 14.5 Å². The predicted octanol–water partition coefficient (Wildman–Crippen LogP) is 2.11. The van der Waals surface area contributed by atoms with Gasteiger partial charge >= 0.3 is 12.1 Å². The van der Waals surface area contributed by atoms with Crippen LogP contribution >= 0.6 is 0 Å². The van der Waals surface area contributed by atoms with Crippen molar-refractivity contribution >= 4 is 23.9 Å². The number of nitrogens with zero attached hydrogens (tertiary/aromatic N) is 1. The average molecular weight is 450 g/mol. The van der Waals surface area contributed by atoms with Crippen LogP contribution in [0.1, 0.15) is 20.8 Å². The van der Waals surface area contributed by atoms with Crippen LogP contribution in [-0.2, 0) is 19.1 Å². The van der Waals surface area contributed by atoms with Crippen LogP contribution in [0.2, 0.25) is 0 Å². The fourth-order valence-corrected chi connectivity index (χ4v) is 2.34. The highest BCUT2D eigenvalue weighted by atomic mass is 19.2. The summed E-state index contributed by atoms with van der Waals surface area (Å²) in [7, 11) is 0. The molecule has 0 saturated carbocycles. The normalized spacial score (nSPS) is 14.6. The second kappa shape index (κ2) is 8.70. The molecule has 8 nitrogen and oxygen atoms in total. The van der Waals surface area contributed by atoms with E-state index in [1.165, 1.54) is 20.8 Å². The maximum atomic E-state index is 13.8. The minimum Gasteiger partial charge on any atom is -0.444 e. The van der Waals surface area contributed by atoms with E-state index in [2.05, 4.69) is 10.1 Å². The first-order chi connectivity index (χ1) is 14.2. The number of nitrogens with one attached hydrogen (secondary N) is 1. The van der Waals surface area contributed by atoms with Crippen LogP contribution in [0, 0.1) is 29.1 Å². The minimum absolute atomic E-state index is 0.270. The highest BCUT2D eigenvalue weighted by Crippen LogP contribution is 2.29. The van der Waals surface area contributed by atoms with Crippen LogP contribution in [0.15, 0.2) is 12.2 Å². The quantitative estimate of drug-likeness (QED) is 0.184. The van der Waals surface area contributed by atoms with Gasteiger partial charge < -0.3 is 14.8 Å². The molecule has 1 N–H and O–H groups in total. The Bertz CT molecular complexity index is 942. The van der Waals surface area contributed by atoms with Gasteiger partial charge in [-0.1, -0.05) is 0 Å². The Hall–Kier alpha value is -3.51. The number of rotatable bonds is 5. The van der Waals surface area contributed by atoms with E-state index < -0.39 is 76.9 Å². The van der Waals surface area contributed by atoms with Crippen molar-refractivity contribution in [3.8, 4) is 5.75 Å². The lowest BCUT2D eigenvalue weighted by Gasteiger charge is -2.26. The second-order valence-electron chi connectivity index (χ2n) is 7.10. The molecule has 1 aromatic rings. The van der Waals surface area contributed by atoms with Crippen molar-refractivity contribution in [3.05, 3.63) is 41.2 Å². The molecule has 0 aromatic heterocycles. The molecule has 1 heterocycles. The van der Waals surface area contributed by atoms with Gasteiger partial charge in [-0.2, -0.15) is 8.78 Å². The van der Waals surface area contributed by atoms with E-state index in [0.717, 1.165) is 12.2 Å². The summed E-state index contributed by atoms with van der Waals surface area (Å²) < 4.78 is 76.7. The first kappa shape index (κ1) is 23.8. The second-order valence-corrected chi connectivity index (χ2v) is 7.10. The largest absolute Gasteiger partial charge is 0.444 e. The molecule has 0 fully saturated rings. The molecule has 0 saturated heterocycles. The van der Waals surface area contributed by atoms with Gasteiger partial charge in [0.15, 0.2) is 6.04 Å². The Morgan fingerprint density at radius 3 is 1.84 bits per heavy atom. The average Bonchev–Trinajstić information content (AvgIpc) is 2.99. The van der Waals surface area contributed by atoms with Crippen LogP contribution in [0.25, 0.3) is 0 Å². The van der Waals surface area contributed by atoms with Crippen LogP contribution < -0.4 is 10.1 Å². The van der Waals surface area contributed by atoms with Gasteiger partial charge in [0.05, 0.1) is 6.54 Å². The highest BCUT2D eigenvalue weighted by molar-refractivity contribution is 6.15. The standard InChI is InChI=1S/C18H15F5N2O6/c1-18(2,3)31-17(29)24-6-7(25-8(26)4-5-9(25)27)16(28)30-15-13(22)11(20)10(19)12(21)14(15)23/h4-5,7H,6H2,1-3H3,(H,24,29)/t7-/m0/s1. The fraction of sp³-hybridized carbons (Fsp3) is 0.333. The smallest absolute Gasteiger partial charge is 0.407 e. The van der Waals surface area contributed by atoms with Crippen molar-refractivity contribution in [2.24, 2.45) is 0 Å². The number of halogens is 5. The summed E-state index contributed by atoms with van der Waals surface area (Å²) in [6.45, 7) is 3.69. The van der Waals surface area contributed by atoms with Gasteiger partial charge in [0.1, 0.15) is 5.60 Å². The third-order valence-electron chi connectivity index (χ3n) is 3.64. The Kier molecular flexibility index (Phi) is 6.67. The van der Waals surface area contributed by atoms with E-state index >= 15 is 0 Å². The van der Waals surface area contributed by atoms with Crippen LogP contribution in [0.5, 0.6) is 5.75 Å². The Labute approximate surface area is 171 Å². The molecule has 0 radical (unpaired) electrons. The van der Waals surface area contributed by atoms with Crippen LogP contribution in [0.3, 0.4) is 0 Å². The molecule has 0 spiro atoms. The molecule has 3 amide bonds. The fourth-order valence-electron chi connectivity index (χ4n) is 2.34. The predicted molar refractivity (Wildman–Crippen MR) is 90.9 cm³/mol. The Balaban J connectivity index is 2.32. The number of hydrogen-bond donors (Lipinski definition) is 1. The van der Waals surface area contributed by atoms with E-state index in [9.17, 15) is 41.1 Å². The molecule has 13 heteroatoms. The molecular weight excluding hydrogens is 435 g/mol. The molecule has 1 aliphatic rings. The molecular formula is C18H15F5N2O6. The minimum atomic E-state index is -2.48. The van der Waals surface area contributed by atoms with Crippen LogP contribution in [-0.4, -0.2) is 47.0 Å². The van der Waals surface area contributed by atoms with E-state index in [4.69, 9.17) is 4.74 Å². The van der Waals surface area contributed by atoms with Crippen molar-refractivity contribution in [2.45, 2.75) is 32.4 Å².